The molecule has 0 saturated heterocycles. The van der Waals surface area contributed by atoms with E-state index in [0.717, 1.165) is 28.4 Å². The van der Waals surface area contributed by atoms with Gasteiger partial charge < -0.3 is 14.8 Å². The molecule has 2 heterocycles. The van der Waals surface area contributed by atoms with Crippen molar-refractivity contribution in [3.8, 4) is 11.5 Å². The van der Waals surface area contributed by atoms with E-state index in [2.05, 4.69) is 16.9 Å². The maximum absolute atomic E-state index is 5.40. The number of fused-ring (bicyclic) bond motifs is 1. The zero-order valence-corrected chi connectivity index (χ0v) is 15.6. The normalized spacial score (nSPS) is 11.7. The van der Waals surface area contributed by atoms with E-state index in [4.69, 9.17) is 14.5 Å². The Bertz CT molecular complexity index is 1020. The molecule has 0 atom stereocenters. The minimum Gasteiger partial charge on any atom is -0.493 e. The van der Waals surface area contributed by atoms with Gasteiger partial charge in [-0.15, -0.1) is 0 Å². The third-order valence-corrected chi connectivity index (χ3v) is 4.04. The largest absolute Gasteiger partial charge is 0.493 e. The first-order valence-electron chi connectivity index (χ1n) is 8.48. The first-order valence-corrected chi connectivity index (χ1v) is 8.48. The number of imidazole rings is 1. The molecule has 6 nitrogen and oxygen atoms in total. The lowest BCUT2D eigenvalue weighted by Crippen LogP contribution is -1.99. The van der Waals surface area contributed by atoms with Crippen molar-refractivity contribution >= 4 is 22.7 Å². The van der Waals surface area contributed by atoms with E-state index in [1.165, 1.54) is 0 Å². The van der Waals surface area contributed by atoms with Crippen LogP contribution in [-0.4, -0.2) is 28.6 Å². The minimum absolute atomic E-state index is 0.646. The molecule has 2 aromatic heterocycles. The molecule has 0 bridgehead atoms. The van der Waals surface area contributed by atoms with Gasteiger partial charge in [0.25, 0.3) is 0 Å². The summed E-state index contributed by atoms with van der Waals surface area (Å²) in [5.74, 6) is 2.13. The molecule has 0 radical (unpaired) electrons. The van der Waals surface area contributed by atoms with Gasteiger partial charge in [0.05, 0.1) is 20.4 Å². The van der Waals surface area contributed by atoms with E-state index >= 15 is 0 Å². The van der Waals surface area contributed by atoms with Gasteiger partial charge in [-0.1, -0.05) is 30.9 Å². The molecule has 0 spiro atoms. The highest BCUT2D eigenvalue weighted by Gasteiger charge is 2.15. The van der Waals surface area contributed by atoms with E-state index in [9.17, 15) is 0 Å². The Balaban J connectivity index is 2.13. The molecule has 0 aliphatic carbocycles. The fourth-order valence-corrected chi connectivity index (χ4v) is 2.72. The lowest BCUT2D eigenvalue weighted by atomic mass is 10.1. The zero-order chi connectivity index (χ0) is 19.2. The van der Waals surface area contributed by atoms with Crippen molar-refractivity contribution in [1.29, 1.82) is 0 Å². The molecule has 3 rings (SSSR count). The Morgan fingerprint density at radius 2 is 2.04 bits per heavy atom. The van der Waals surface area contributed by atoms with Gasteiger partial charge in [0.15, 0.2) is 17.1 Å². The second-order valence-corrected chi connectivity index (χ2v) is 5.66. The summed E-state index contributed by atoms with van der Waals surface area (Å²) < 4.78 is 12.7. The molecule has 1 N–H and O–H groups in total. The highest BCUT2D eigenvalue weighted by molar-refractivity contribution is 5.83. The number of allylic oxidation sites excluding steroid dienone is 5. The number of methoxy groups -OCH3 is 2. The van der Waals surface area contributed by atoms with Gasteiger partial charge in [0.2, 0.25) is 0 Å². The van der Waals surface area contributed by atoms with Gasteiger partial charge in [-0.3, -0.25) is 9.38 Å². The Labute approximate surface area is 158 Å². The summed E-state index contributed by atoms with van der Waals surface area (Å²) in [4.78, 5) is 8.88. The van der Waals surface area contributed by atoms with Crippen LogP contribution >= 0.6 is 0 Å². The van der Waals surface area contributed by atoms with Crippen LogP contribution in [0.5, 0.6) is 11.5 Å². The van der Waals surface area contributed by atoms with Gasteiger partial charge in [-0.05, 0) is 19.1 Å². The Morgan fingerprint density at radius 3 is 2.74 bits per heavy atom. The molecule has 1 aromatic carbocycles. The molecule has 27 heavy (non-hydrogen) atoms. The Kier molecular flexibility index (Phi) is 5.56. The van der Waals surface area contributed by atoms with Crippen LogP contribution in [0.15, 0.2) is 67.7 Å². The summed E-state index contributed by atoms with van der Waals surface area (Å²) in [6.45, 7) is 5.89. The number of hydrogen-bond acceptors (Lipinski definition) is 5. The maximum atomic E-state index is 5.40. The minimum atomic E-state index is 0.646. The van der Waals surface area contributed by atoms with E-state index in [1.54, 1.807) is 32.7 Å². The summed E-state index contributed by atoms with van der Waals surface area (Å²) in [7, 11) is 3.23. The highest BCUT2D eigenvalue weighted by atomic mass is 16.5. The first-order chi connectivity index (χ1) is 13.2. The predicted octanol–water partition coefficient (Wildman–Crippen LogP) is 4.64. The Morgan fingerprint density at radius 1 is 1.22 bits per heavy atom. The van der Waals surface area contributed by atoms with Crippen molar-refractivity contribution in [2.24, 2.45) is 0 Å². The van der Waals surface area contributed by atoms with Crippen molar-refractivity contribution in [3.05, 3.63) is 73.4 Å². The second-order valence-electron chi connectivity index (χ2n) is 5.66. The fourth-order valence-electron chi connectivity index (χ4n) is 2.72. The van der Waals surface area contributed by atoms with Crippen LogP contribution in [0.2, 0.25) is 0 Å². The maximum Gasteiger partial charge on any atom is 0.162 e. The number of hydrogen-bond donors (Lipinski definition) is 1. The van der Waals surface area contributed by atoms with Crippen molar-refractivity contribution in [2.75, 3.05) is 19.5 Å². The average Bonchev–Trinajstić information content (AvgIpc) is 3.07. The lowest BCUT2D eigenvalue weighted by molar-refractivity contribution is 0.355. The van der Waals surface area contributed by atoms with Crippen molar-refractivity contribution < 1.29 is 9.47 Å². The van der Waals surface area contributed by atoms with E-state index in [-0.39, 0.29) is 0 Å². The average molecular weight is 362 g/mol. The van der Waals surface area contributed by atoms with Crippen LogP contribution in [0.3, 0.4) is 0 Å². The molecule has 3 aromatic rings. The van der Waals surface area contributed by atoms with Crippen molar-refractivity contribution in [3.63, 3.8) is 0 Å². The number of anilines is 2. The summed E-state index contributed by atoms with van der Waals surface area (Å²) in [5.41, 5.74) is 3.27. The van der Waals surface area contributed by atoms with E-state index in [1.807, 2.05) is 53.9 Å². The molecule has 0 saturated carbocycles. The fraction of sp³-hybridized carbons (Fsp3) is 0.143. The van der Waals surface area contributed by atoms with Gasteiger partial charge in [-0.25, -0.2) is 4.98 Å². The standard InChI is InChI=1S/C21H22N4O2/c1-5-7-8-15(6-2)20-21(25-12-11-22-14-19(25)24-20)23-16-9-10-17(26-3)18(13-16)27-4/h5-14,23H,2H2,1,3-4H3/b7-5+,15-8+. The van der Waals surface area contributed by atoms with Gasteiger partial charge in [-0.2, -0.15) is 0 Å². The number of rotatable bonds is 7. The Hall–Kier alpha value is -3.54. The van der Waals surface area contributed by atoms with Crippen molar-refractivity contribution in [2.45, 2.75) is 6.92 Å². The topological polar surface area (TPSA) is 60.7 Å². The molecular weight excluding hydrogens is 340 g/mol. The lowest BCUT2D eigenvalue weighted by Gasteiger charge is -2.12. The predicted molar refractivity (Wildman–Crippen MR) is 109 cm³/mol. The number of nitrogens with zero attached hydrogens (tertiary/aromatic N) is 3. The van der Waals surface area contributed by atoms with Gasteiger partial charge >= 0.3 is 0 Å². The van der Waals surface area contributed by atoms with Crippen LogP contribution in [0.25, 0.3) is 11.2 Å². The van der Waals surface area contributed by atoms with Gasteiger partial charge in [0, 0.05) is 29.7 Å². The molecular formula is C21H22N4O2. The highest BCUT2D eigenvalue weighted by Crippen LogP contribution is 2.33. The van der Waals surface area contributed by atoms with Crippen LogP contribution in [0.1, 0.15) is 12.6 Å². The molecule has 0 unspecified atom stereocenters. The molecule has 0 aliphatic rings. The first kappa shape index (κ1) is 18.3. The van der Waals surface area contributed by atoms with Crippen LogP contribution < -0.4 is 14.8 Å². The molecule has 6 heteroatoms. The monoisotopic (exact) mass is 362 g/mol. The number of nitrogens with one attached hydrogen (secondary N) is 1. The third kappa shape index (κ3) is 3.69. The van der Waals surface area contributed by atoms with Gasteiger partial charge in [0.1, 0.15) is 11.5 Å². The SMILES string of the molecule is C=C/C(=C\C=C\C)c1nc2cnccn2c1Nc1ccc(OC)c(OC)c1. The van der Waals surface area contributed by atoms with Crippen molar-refractivity contribution in [1.82, 2.24) is 14.4 Å². The molecule has 138 valence electrons. The van der Waals surface area contributed by atoms with Crippen LogP contribution in [0.4, 0.5) is 11.5 Å². The quantitative estimate of drug-likeness (QED) is 0.621. The molecule has 0 amide bonds. The summed E-state index contributed by atoms with van der Waals surface area (Å²) in [6, 6.07) is 5.66. The second kappa shape index (κ2) is 8.23. The van der Waals surface area contributed by atoms with E-state index < -0.39 is 0 Å². The number of benzene rings is 1. The summed E-state index contributed by atoms with van der Waals surface area (Å²) >= 11 is 0. The summed E-state index contributed by atoms with van der Waals surface area (Å²) in [6.07, 6.45) is 13.0. The summed E-state index contributed by atoms with van der Waals surface area (Å²) in [5, 5.41) is 3.44. The number of ether oxygens (including phenoxy) is 2. The smallest absolute Gasteiger partial charge is 0.162 e. The van der Waals surface area contributed by atoms with E-state index in [0.29, 0.717) is 11.5 Å². The number of aromatic nitrogens is 3. The van der Waals surface area contributed by atoms with Crippen LogP contribution in [0, 0.1) is 0 Å². The molecule has 0 fully saturated rings. The zero-order valence-electron chi connectivity index (χ0n) is 15.6. The third-order valence-electron chi connectivity index (χ3n) is 4.04. The van der Waals surface area contributed by atoms with Crippen LogP contribution in [-0.2, 0) is 0 Å². The molecule has 0 aliphatic heterocycles.